The van der Waals surface area contributed by atoms with Gasteiger partial charge in [-0.05, 0) is 54.0 Å². The summed E-state index contributed by atoms with van der Waals surface area (Å²) >= 11 is 1.87. The van der Waals surface area contributed by atoms with E-state index in [1.807, 2.05) is 29.5 Å². The van der Waals surface area contributed by atoms with Crippen molar-refractivity contribution >= 4 is 17.0 Å². The molecule has 2 nitrogen and oxygen atoms in total. The summed E-state index contributed by atoms with van der Waals surface area (Å²) in [5.74, 6) is 0. The molecule has 0 radical (unpaired) electrons. The summed E-state index contributed by atoms with van der Waals surface area (Å²) in [6, 6.07) is 10.7. The summed E-state index contributed by atoms with van der Waals surface area (Å²) in [7, 11) is 0. The van der Waals surface area contributed by atoms with Gasteiger partial charge in [0, 0.05) is 10.6 Å². The van der Waals surface area contributed by atoms with Crippen molar-refractivity contribution in [2.24, 2.45) is 0 Å². The Bertz CT molecular complexity index is 535. The maximum absolute atomic E-state index is 9.17. The predicted octanol–water partition coefficient (Wildman–Crippen LogP) is 3.73. The van der Waals surface area contributed by atoms with Gasteiger partial charge in [0.05, 0.1) is 12.6 Å². The van der Waals surface area contributed by atoms with E-state index < -0.39 is 0 Å². The van der Waals surface area contributed by atoms with Gasteiger partial charge in [-0.3, -0.25) is 0 Å². The molecule has 1 aliphatic rings. The average Bonchev–Trinajstić information content (AvgIpc) is 2.88. The Morgan fingerprint density at radius 2 is 2.28 bits per heavy atom. The maximum atomic E-state index is 9.17. The number of benzene rings is 1. The van der Waals surface area contributed by atoms with Gasteiger partial charge in [0.2, 0.25) is 0 Å². The first-order chi connectivity index (χ1) is 8.86. The Balaban J connectivity index is 1.81. The van der Waals surface area contributed by atoms with Crippen molar-refractivity contribution in [1.29, 1.82) is 0 Å². The molecule has 3 rings (SSSR count). The Hall–Kier alpha value is -1.32. The first-order valence-corrected chi connectivity index (χ1v) is 7.27. The molecule has 1 heterocycles. The van der Waals surface area contributed by atoms with E-state index in [0.717, 1.165) is 11.3 Å². The largest absolute Gasteiger partial charge is 0.392 e. The first-order valence-electron chi connectivity index (χ1n) is 6.39. The molecule has 94 valence electrons. The zero-order valence-corrected chi connectivity index (χ0v) is 11.0. The Morgan fingerprint density at radius 1 is 1.33 bits per heavy atom. The van der Waals surface area contributed by atoms with E-state index in [9.17, 15) is 0 Å². The van der Waals surface area contributed by atoms with Crippen LogP contribution in [0.5, 0.6) is 0 Å². The lowest BCUT2D eigenvalue weighted by Gasteiger charge is -2.25. The highest BCUT2D eigenvalue weighted by Crippen LogP contribution is 2.35. The lowest BCUT2D eigenvalue weighted by atomic mass is 9.94. The molecular weight excluding hydrogens is 242 g/mol. The second-order valence-electron chi connectivity index (χ2n) is 4.75. The number of aryl methyl sites for hydroxylation is 1. The average molecular weight is 259 g/mol. The van der Waals surface area contributed by atoms with E-state index in [-0.39, 0.29) is 6.61 Å². The quantitative estimate of drug-likeness (QED) is 0.880. The number of nitrogens with one attached hydrogen (secondary N) is 1. The predicted molar refractivity (Wildman–Crippen MR) is 76.0 cm³/mol. The molecule has 1 aromatic carbocycles. The summed E-state index contributed by atoms with van der Waals surface area (Å²) in [6.07, 6.45) is 3.67. The van der Waals surface area contributed by atoms with Crippen LogP contribution in [-0.2, 0) is 13.0 Å². The Morgan fingerprint density at radius 3 is 3.17 bits per heavy atom. The third-order valence-corrected chi connectivity index (χ3v) is 4.50. The fourth-order valence-electron chi connectivity index (χ4n) is 2.60. The van der Waals surface area contributed by atoms with E-state index in [1.165, 1.54) is 29.7 Å². The molecule has 1 atom stereocenters. The van der Waals surface area contributed by atoms with Crippen LogP contribution in [-0.4, -0.2) is 5.11 Å². The number of aliphatic hydroxyl groups is 1. The molecule has 3 heteroatoms. The van der Waals surface area contributed by atoms with Gasteiger partial charge in [0.15, 0.2) is 0 Å². The third-order valence-electron chi connectivity index (χ3n) is 3.50. The lowest BCUT2D eigenvalue weighted by molar-refractivity contribution is 0.282. The Labute approximate surface area is 111 Å². The van der Waals surface area contributed by atoms with Crippen LogP contribution in [0.1, 0.15) is 34.9 Å². The van der Waals surface area contributed by atoms with Gasteiger partial charge in [0.25, 0.3) is 0 Å². The molecule has 0 amide bonds. The molecule has 1 aliphatic carbocycles. The standard InChI is InChI=1S/C15H17NOS/c17-10-11-3-1-4-12(9-11)16-14-5-2-6-15-13(14)7-8-18-15/h1,3-4,7-9,14,16-17H,2,5-6,10H2. The zero-order chi connectivity index (χ0) is 12.4. The summed E-state index contributed by atoms with van der Waals surface area (Å²) < 4.78 is 0. The number of rotatable bonds is 3. The molecule has 2 aromatic rings. The van der Waals surface area contributed by atoms with E-state index in [2.05, 4.69) is 22.8 Å². The van der Waals surface area contributed by atoms with Crippen molar-refractivity contribution in [3.05, 3.63) is 51.7 Å². The highest BCUT2D eigenvalue weighted by atomic mass is 32.1. The molecule has 18 heavy (non-hydrogen) atoms. The van der Waals surface area contributed by atoms with Crippen molar-refractivity contribution in [2.45, 2.75) is 31.9 Å². The number of aliphatic hydroxyl groups excluding tert-OH is 1. The molecule has 1 unspecified atom stereocenters. The molecule has 0 spiro atoms. The van der Waals surface area contributed by atoms with Crippen molar-refractivity contribution < 1.29 is 5.11 Å². The minimum atomic E-state index is 0.101. The summed E-state index contributed by atoms with van der Waals surface area (Å²) in [5.41, 5.74) is 3.52. The van der Waals surface area contributed by atoms with Crippen LogP contribution in [0.4, 0.5) is 5.69 Å². The van der Waals surface area contributed by atoms with Gasteiger partial charge < -0.3 is 10.4 Å². The molecule has 0 saturated carbocycles. The van der Waals surface area contributed by atoms with Crippen molar-refractivity contribution in [3.8, 4) is 0 Å². The monoisotopic (exact) mass is 259 g/mol. The highest BCUT2D eigenvalue weighted by Gasteiger charge is 2.20. The number of hydrogen-bond acceptors (Lipinski definition) is 3. The third kappa shape index (κ3) is 2.28. The lowest BCUT2D eigenvalue weighted by Crippen LogP contribution is -2.15. The van der Waals surface area contributed by atoms with E-state index >= 15 is 0 Å². The van der Waals surface area contributed by atoms with Crippen LogP contribution >= 0.6 is 11.3 Å². The summed E-state index contributed by atoms with van der Waals surface area (Å²) in [5, 5.41) is 14.9. The molecule has 0 fully saturated rings. The van der Waals surface area contributed by atoms with Gasteiger partial charge in [-0.1, -0.05) is 12.1 Å². The second kappa shape index (κ2) is 5.12. The molecule has 2 N–H and O–H groups in total. The number of hydrogen-bond donors (Lipinski definition) is 2. The molecule has 1 aromatic heterocycles. The molecular formula is C15H17NOS. The number of fused-ring (bicyclic) bond motifs is 1. The van der Waals surface area contributed by atoms with Gasteiger partial charge >= 0.3 is 0 Å². The summed E-state index contributed by atoms with van der Waals surface area (Å²) in [6.45, 7) is 0.101. The number of anilines is 1. The SMILES string of the molecule is OCc1cccc(NC2CCCc3sccc32)c1. The van der Waals surface area contributed by atoms with Crippen LogP contribution in [0.2, 0.25) is 0 Å². The van der Waals surface area contributed by atoms with Crippen molar-refractivity contribution in [1.82, 2.24) is 0 Å². The number of thiophene rings is 1. The van der Waals surface area contributed by atoms with E-state index in [0.29, 0.717) is 6.04 Å². The highest BCUT2D eigenvalue weighted by molar-refractivity contribution is 7.10. The van der Waals surface area contributed by atoms with Gasteiger partial charge in [-0.25, -0.2) is 0 Å². The van der Waals surface area contributed by atoms with Gasteiger partial charge in [-0.2, -0.15) is 0 Å². The van der Waals surface area contributed by atoms with Crippen LogP contribution < -0.4 is 5.32 Å². The van der Waals surface area contributed by atoms with Crippen LogP contribution in [0, 0.1) is 0 Å². The van der Waals surface area contributed by atoms with E-state index in [4.69, 9.17) is 5.11 Å². The molecule has 0 aliphatic heterocycles. The zero-order valence-electron chi connectivity index (χ0n) is 10.2. The fraction of sp³-hybridized carbons (Fsp3) is 0.333. The van der Waals surface area contributed by atoms with Crippen molar-refractivity contribution in [3.63, 3.8) is 0 Å². The minimum absolute atomic E-state index is 0.101. The first kappa shape index (κ1) is 11.8. The Kier molecular flexibility index (Phi) is 3.35. The fourth-order valence-corrected chi connectivity index (χ4v) is 3.58. The summed E-state index contributed by atoms with van der Waals surface area (Å²) in [4.78, 5) is 1.53. The van der Waals surface area contributed by atoms with Gasteiger partial charge in [-0.15, -0.1) is 11.3 Å². The van der Waals surface area contributed by atoms with Gasteiger partial charge in [0.1, 0.15) is 0 Å². The second-order valence-corrected chi connectivity index (χ2v) is 5.75. The normalized spacial score (nSPS) is 18.4. The van der Waals surface area contributed by atoms with Crippen LogP contribution in [0.15, 0.2) is 35.7 Å². The van der Waals surface area contributed by atoms with E-state index in [1.54, 1.807) is 0 Å². The van der Waals surface area contributed by atoms with Crippen LogP contribution in [0.25, 0.3) is 0 Å². The molecule has 0 saturated heterocycles. The van der Waals surface area contributed by atoms with Crippen LogP contribution in [0.3, 0.4) is 0 Å². The minimum Gasteiger partial charge on any atom is -0.392 e. The smallest absolute Gasteiger partial charge is 0.0682 e. The maximum Gasteiger partial charge on any atom is 0.0682 e. The molecule has 0 bridgehead atoms. The topological polar surface area (TPSA) is 32.3 Å². The van der Waals surface area contributed by atoms with Crippen molar-refractivity contribution in [2.75, 3.05) is 5.32 Å².